The van der Waals surface area contributed by atoms with Gasteiger partial charge in [-0.15, -0.1) is 0 Å². The minimum Gasteiger partial charge on any atom is -0.344 e. The van der Waals surface area contributed by atoms with E-state index in [4.69, 9.17) is 0 Å². The van der Waals surface area contributed by atoms with Crippen LogP contribution in [0.1, 0.15) is 34.1 Å². The summed E-state index contributed by atoms with van der Waals surface area (Å²) in [5.41, 5.74) is 4.26. The molecule has 0 saturated carbocycles. The minimum absolute atomic E-state index is 0.0336. The zero-order valence-electron chi connectivity index (χ0n) is 12.9. The fraction of sp³-hybridized carbons (Fsp3) is 0.158. The van der Waals surface area contributed by atoms with E-state index in [2.05, 4.69) is 27.6 Å². The summed E-state index contributed by atoms with van der Waals surface area (Å²) in [5, 5.41) is 9.96. The number of benzene rings is 2. The Morgan fingerprint density at radius 1 is 1.17 bits per heavy atom. The molecule has 120 valence electrons. The van der Waals surface area contributed by atoms with Crippen molar-refractivity contribution in [3.63, 3.8) is 0 Å². The summed E-state index contributed by atoms with van der Waals surface area (Å²) >= 11 is 0. The highest BCUT2D eigenvalue weighted by Crippen LogP contribution is 2.31. The van der Waals surface area contributed by atoms with E-state index < -0.39 is 0 Å². The van der Waals surface area contributed by atoms with E-state index >= 15 is 0 Å². The number of fused-ring (bicyclic) bond motifs is 1. The molecule has 0 saturated heterocycles. The molecule has 2 N–H and O–H groups in total. The number of aryl methyl sites for hydroxylation is 1. The van der Waals surface area contributed by atoms with Crippen LogP contribution in [-0.4, -0.2) is 16.1 Å². The lowest BCUT2D eigenvalue weighted by molar-refractivity contribution is 0.0931. The van der Waals surface area contributed by atoms with E-state index in [-0.39, 0.29) is 17.8 Å². The van der Waals surface area contributed by atoms with E-state index in [0.29, 0.717) is 11.4 Å². The Morgan fingerprint density at radius 2 is 1.96 bits per heavy atom. The zero-order chi connectivity index (χ0) is 16.5. The van der Waals surface area contributed by atoms with Gasteiger partial charge in [-0.3, -0.25) is 9.89 Å². The lowest BCUT2D eigenvalue weighted by Gasteiger charge is -2.13. The number of H-pyrrole nitrogens is 1. The number of amides is 1. The first-order valence-electron chi connectivity index (χ1n) is 7.91. The van der Waals surface area contributed by atoms with Crippen molar-refractivity contribution in [2.45, 2.75) is 18.9 Å². The topological polar surface area (TPSA) is 57.8 Å². The Morgan fingerprint density at radius 3 is 2.79 bits per heavy atom. The average molecular weight is 321 g/mol. The number of hydrogen-bond donors (Lipinski definition) is 2. The van der Waals surface area contributed by atoms with E-state index in [1.54, 1.807) is 18.2 Å². The Balaban J connectivity index is 1.51. The van der Waals surface area contributed by atoms with Crippen LogP contribution >= 0.6 is 0 Å². The smallest absolute Gasteiger partial charge is 0.269 e. The number of nitrogens with one attached hydrogen (secondary N) is 2. The van der Waals surface area contributed by atoms with Crippen molar-refractivity contribution < 1.29 is 9.18 Å². The van der Waals surface area contributed by atoms with Gasteiger partial charge in [0.15, 0.2) is 0 Å². The number of nitrogens with zero attached hydrogens (tertiary/aromatic N) is 1. The Hall–Kier alpha value is -2.95. The monoisotopic (exact) mass is 321 g/mol. The van der Waals surface area contributed by atoms with Crippen molar-refractivity contribution in [1.29, 1.82) is 0 Å². The summed E-state index contributed by atoms with van der Waals surface area (Å²) in [5.74, 6) is -0.482. The number of rotatable bonds is 3. The fourth-order valence-electron chi connectivity index (χ4n) is 3.15. The van der Waals surface area contributed by atoms with Crippen LogP contribution in [0.4, 0.5) is 4.39 Å². The molecule has 4 nitrogen and oxygen atoms in total. The first-order chi connectivity index (χ1) is 11.7. The average Bonchev–Trinajstić information content (AvgIpc) is 3.23. The maximum Gasteiger partial charge on any atom is 0.269 e. The second-order valence-electron chi connectivity index (χ2n) is 5.94. The van der Waals surface area contributed by atoms with Crippen molar-refractivity contribution in [3.05, 3.63) is 77.2 Å². The van der Waals surface area contributed by atoms with Gasteiger partial charge in [0, 0.05) is 5.56 Å². The number of halogens is 1. The third kappa shape index (κ3) is 2.69. The molecule has 1 heterocycles. The van der Waals surface area contributed by atoms with Crippen LogP contribution in [0, 0.1) is 5.82 Å². The standard InChI is InChI=1S/C19H16FN3O/c20-14-8-5-13(6-9-14)17-11-18(23-22-17)19(24)21-16-10-7-12-3-1-2-4-15(12)16/h1-6,8-9,11,16H,7,10H2,(H,21,24)(H,22,23)/t16-/m0/s1. The molecule has 0 fully saturated rings. The van der Waals surface area contributed by atoms with Gasteiger partial charge in [-0.05, 0) is 54.3 Å². The van der Waals surface area contributed by atoms with Gasteiger partial charge in [0.25, 0.3) is 5.91 Å². The highest BCUT2D eigenvalue weighted by Gasteiger charge is 2.24. The van der Waals surface area contributed by atoms with Crippen LogP contribution in [0.5, 0.6) is 0 Å². The predicted molar refractivity (Wildman–Crippen MR) is 89.0 cm³/mol. The second kappa shape index (κ2) is 5.92. The highest BCUT2D eigenvalue weighted by atomic mass is 19.1. The van der Waals surface area contributed by atoms with Gasteiger partial charge in [-0.2, -0.15) is 5.10 Å². The molecule has 1 aliphatic rings. The lowest BCUT2D eigenvalue weighted by atomic mass is 10.1. The molecule has 2 aromatic carbocycles. The molecule has 0 aliphatic heterocycles. The van der Waals surface area contributed by atoms with Crippen molar-refractivity contribution in [1.82, 2.24) is 15.5 Å². The molecule has 0 unspecified atom stereocenters. The Labute approximate surface area is 138 Å². The molecule has 1 aliphatic carbocycles. The lowest BCUT2D eigenvalue weighted by Crippen LogP contribution is -2.27. The van der Waals surface area contributed by atoms with E-state index in [1.807, 2.05) is 12.1 Å². The Bertz CT molecular complexity index is 886. The van der Waals surface area contributed by atoms with Gasteiger partial charge in [0.05, 0.1) is 11.7 Å². The highest BCUT2D eigenvalue weighted by molar-refractivity contribution is 5.93. The van der Waals surface area contributed by atoms with Crippen LogP contribution in [-0.2, 0) is 6.42 Å². The number of carbonyl (C=O) groups excluding carboxylic acids is 1. The normalized spacial score (nSPS) is 16.0. The SMILES string of the molecule is O=C(N[C@H]1CCc2ccccc21)c1cc(-c2ccc(F)cc2)n[nH]1. The molecular weight excluding hydrogens is 305 g/mol. The molecule has 24 heavy (non-hydrogen) atoms. The summed E-state index contributed by atoms with van der Waals surface area (Å²) in [6, 6.07) is 15.9. The Kier molecular flexibility index (Phi) is 3.61. The molecule has 0 bridgehead atoms. The van der Waals surface area contributed by atoms with Crippen LogP contribution in [0.15, 0.2) is 54.6 Å². The molecule has 1 atom stereocenters. The predicted octanol–water partition coefficient (Wildman–Crippen LogP) is 3.63. The summed E-state index contributed by atoms with van der Waals surface area (Å²) in [4.78, 5) is 12.5. The maximum absolute atomic E-state index is 13.0. The van der Waals surface area contributed by atoms with Gasteiger partial charge in [-0.1, -0.05) is 24.3 Å². The van der Waals surface area contributed by atoms with Crippen molar-refractivity contribution in [2.75, 3.05) is 0 Å². The molecule has 3 aromatic rings. The second-order valence-corrected chi connectivity index (χ2v) is 5.94. The third-order valence-corrected chi connectivity index (χ3v) is 4.40. The van der Waals surface area contributed by atoms with Gasteiger partial charge in [0.2, 0.25) is 0 Å². The van der Waals surface area contributed by atoms with E-state index in [1.165, 1.54) is 23.3 Å². The zero-order valence-corrected chi connectivity index (χ0v) is 12.9. The summed E-state index contributed by atoms with van der Waals surface area (Å²) in [6.07, 6.45) is 1.88. The first-order valence-corrected chi connectivity index (χ1v) is 7.91. The van der Waals surface area contributed by atoms with E-state index in [9.17, 15) is 9.18 Å². The molecule has 0 radical (unpaired) electrons. The number of aromatic nitrogens is 2. The number of carbonyl (C=O) groups is 1. The largest absolute Gasteiger partial charge is 0.344 e. The van der Waals surface area contributed by atoms with Crippen LogP contribution in [0.2, 0.25) is 0 Å². The molecule has 1 amide bonds. The molecular formula is C19H16FN3O. The fourth-order valence-corrected chi connectivity index (χ4v) is 3.15. The van der Waals surface area contributed by atoms with Crippen LogP contribution in [0.3, 0.4) is 0 Å². The van der Waals surface area contributed by atoms with E-state index in [0.717, 1.165) is 18.4 Å². The summed E-state index contributed by atoms with van der Waals surface area (Å²) < 4.78 is 13.0. The quantitative estimate of drug-likeness (QED) is 0.774. The van der Waals surface area contributed by atoms with Crippen LogP contribution < -0.4 is 5.32 Å². The molecule has 4 rings (SSSR count). The van der Waals surface area contributed by atoms with Gasteiger partial charge in [0.1, 0.15) is 11.5 Å². The summed E-state index contributed by atoms with van der Waals surface area (Å²) in [6.45, 7) is 0. The minimum atomic E-state index is -0.299. The number of aromatic amines is 1. The first kappa shape index (κ1) is 14.6. The third-order valence-electron chi connectivity index (χ3n) is 4.40. The molecule has 5 heteroatoms. The van der Waals surface area contributed by atoms with Crippen molar-refractivity contribution in [2.24, 2.45) is 0 Å². The van der Waals surface area contributed by atoms with Gasteiger partial charge >= 0.3 is 0 Å². The molecule has 0 spiro atoms. The maximum atomic E-state index is 13.0. The molecule has 1 aromatic heterocycles. The van der Waals surface area contributed by atoms with Crippen molar-refractivity contribution in [3.8, 4) is 11.3 Å². The van der Waals surface area contributed by atoms with Gasteiger partial charge < -0.3 is 5.32 Å². The van der Waals surface area contributed by atoms with Crippen LogP contribution in [0.25, 0.3) is 11.3 Å². The summed E-state index contributed by atoms with van der Waals surface area (Å²) in [7, 11) is 0. The van der Waals surface area contributed by atoms with Crippen molar-refractivity contribution >= 4 is 5.91 Å². The number of hydrogen-bond acceptors (Lipinski definition) is 2. The van der Waals surface area contributed by atoms with Gasteiger partial charge in [-0.25, -0.2) is 4.39 Å².